The van der Waals surface area contributed by atoms with E-state index < -0.39 is 39.7 Å². The molecule has 0 saturated carbocycles. The van der Waals surface area contributed by atoms with E-state index in [1.807, 2.05) is 13.8 Å². The number of benzene rings is 1. The molecular formula is C27H44NNaO9S. The van der Waals surface area contributed by atoms with Crippen molar-refractivity contribution in [1.29, 1.82) is 0 Å². The van der Waals surface area contributed by atoms with Crippen molar-refractivity contribution in [1.82, 2.24) is 0 Å². The largest absolute Gasteiger partial charge is 1.00 e. The fourth-order valence-electron chi connectivity index (χ4n) is 3.51. The number of esters is 2. The second-order valence-electron chi connectivity index (χ2n) is 9.22. The Balaban J connectivity index is 0. The molecule has 1 aromatic carbocycles. The van der Waals surface area contributed by atoms with E-state index in [4.69, 9.17) is 20.3 Å². The first-order valence-corrected chi connectivity index (χ1v) is 14.7. The summed E-state index contributed by atoms with van der Waals surface area (Å²) in [6.07, 6.45) is 6.58. The number of unbranched alkanes of at least 4 members (excludes halogenated alkanes) is 2. The number of carboxylic acids is 1. The molecule has 0 aromatic heterocycles. The third-order valence-electron chi connectivity index (χ3n) is 6.18. The van der Waals surface area contributed by atoms with Crippen LogP contribution in [0.15, 0.2) is 24.3 Å². The number of nitrogen functional groups attached to an aromatic ring is 1. The van der Waals surface area contributed by atoms with Crippen LogP contribution in [-0.2, 0) is 29.2 Å². The van der Waals surface area contributed by atoms with Gasteiger partial charge in [0.05, 0.1) is 25.2 Å². The first-order valence-electron chi connectivity index (χ1n) is 13.3. The predicted molar refractivity (Wildman–Crippen MR) is 144 cm³/mol. The third kappa shape index (κ3) is 17.6. The van der Waals surface area contributed by atoms with E-state index in [0.29, 0.717) is 5.69 Å². The molecular weight excluding hydrogens is 537 g/mol. The van der Waals surface area contributed by atoms with E-state index in [-0.39, 0.29) is 60.2 Å². The van der Waals surface area contributed by atoms with Crippen LogP contribution in [0.2, 0.25) is 0 Å². The monoisotopic (exact) mass is 581 g/mol. The smallest absolute Gasteiger partial charge is 0.747 e. The summed E-state index contributed by atoms with van der Waals surface area (Å²) in [4.78, 5) is 34.5. The quantitative estimate of drug-likeness (QED) is 0.119. The van der Waals surface area contributed by atoms with Crippen LogP contribution in [0, 0.1) is 11.8 Å². The Morgan fingerprint density at radius 2 is 1.41 bits per heavy atom. The fourth-order valence-corrected chi connectivity index (χ4v) is 4.15. The molecule has 12 heteroatoms. The Kier molecular flexibility index (Phi) is 22.4. The topological polar surface area (TPSA) is 173 Å². The van der Waals surface area contributed by atoms with Crippen molar-refractivity contribution in [3.8, 4) is 0 Å². The third-order valence-corrected chi connectivity index (χ3v) is 7.24. The van der Waals surface area contributed by atoms with Crippen LogP contribution in [0.5, 0.6) is 0 Å². The number of hydrogen-bond acceptors (Lipinski definition) is 9. The Labute approximate surface area is 255 Å². The van der Waals surface area contributed by atoms with Gasteiger partial charge in [-0.3, -0.25) is 9.59 Å². The normalized spacial score (nSPS) is 13.1. The van der Waals surface area contributed by atoms with E-state index in [9.17, 15) is 27.4 Å². The number of rotatable bonds is 17. The molecule has 0 heterocycles. The van der Waals surface area contributed by atoms with Crippen molar-refractivity contribution in [3.63, 3.8) is 0 Å². The summed E-state index contributed by atoms with van der Waals surface area (Å²) in [6.45, 7) is 8.26. The summed E-state index contributed by atoms with van der Waals surface area (Å²) in [6, 6.07) is 6.36. The van der Waals surface area contributed by atoms with Gasteiger partial charge in [0.25, 0.3) is 0 Å². The van der Waals surface area contributed by atoms with Gasteiger partial charge in [-0.2, -0.15) is 0 Å². The molecule has 0 radical (unpaired) electrons. The molecule has 0 spiro atoms. The number of carboxylic acid groups (broad SMARTS) is 1. The molecule has 3 atom stereocenters. The zero-order valence-corrected chi connectivity index (χ0v) is 26.8. The average molecular weight is 582 g/mol. The zero-order chi connectivity index (χ0) is 29.1. The molecule has 1 rings (SSSR count). The number of aromatic carboxylic acids is 1. The molecule has 3 unspecified atom stereocenters. The molecule has 0 saturated heterocycles. The van der Waals surface area contributed by atoms with Crippen LogP contribution in [0.25, 0.3) is 0 Å². The maximum absolute atomic E-state index is 12.1. The number of para-hydroxylation sites is 1. The van der Waals surface area contributed by atoms with Gasteiger partial charge in [-0.1, -0.05) is 78.4 Å². The second-order valence-corrected chi connectivity index (χ2v) is 10.8. The number of anilines is 1. The van der Waals surface area contributed by atoms with Crippen LogP contribution in [0.3, 0.4) is 0 Å². The molecule has 3 N–H and O–H groups in total. The van der Waals surface area contributed by atoms with Crippen LogP contribution < -0.4 is 35.3 Å². The van der Waals surface area contributed by atoms with E-state index >= 15 is 0 Å². The number of nitrogens with two attached hydrogens (primary N) is 1. The number of carbonyl (C=O) groups is 3. The van der Waals surface area contributed by atoms with Crippen LogP contribution >= 0.6 is 0 Å². The average Bonchev–Trinajstić information content (AvgIpc) is 2.87. The molecule has 218 valence electrons. The van der Waals surface area contributed by atoms with Gasteiger partial charge in [-0.05, 0) is 36.8 Å². The maximum atomic E-state index is 12.1. The summed E-state index contributed by atoms with van der Waals surface area (Å²) in [7, 11) is -5.01. The zero-order valence-electron chi connectivity index (χ0n) is 24.0. The standard InChI is InChI=1S/C20H38O7S.C7H7NO2.Na/c1-5-9-11-16(7-3)14-26-19(21)13-18(28(23,24)25)20(22)27-15-17(8-4)12-10-6-2;8-6-4-2-1-3-5(6)7(9)10;/h16-18H,5-15H2,1-4H3,(H,23,24,25);1-4H,8H2,(H,9,10);/q;;+1/p-1. The maximum Gasteiger partial charge on any atom is 1.00 e. The summed E-state index contributed by atoms with van der Waals surface area (Å²) >= 11 is 0. The summed E-state index contributed by atoms with van der Waals surface area (Å²) in [5.41, 5.74) is 5.80. The van der Waals surface area contributed by atoms with Gasteiger partial charge in [0.15, 0.2) is 5.25 Å². The molecule has 1 aromatic rings. The summed E-state index contributed by atoms with van der Waals surface area (Å²) in [5, 5.41) is 6.43. The Bertz CT molecular complexity index is 956. The SMILES string of the molecule is CCCCC(CC)COC(=O)CC(C(=O)OCC(CC)CCCC)S(=O)(=O)[O-].Nc1ccccc1C(=O)O.[Na+]. The van der Waals surface area contributed by atoms with Gasteiger partial charge in [0.2, 0.25) is 0 Å². The number of carbonyl (C=O) groups excluding carboxylic acids is 2. The second kappa shape index (κ2) is 22.1. The molecule has 0 aliphatic carbocycles. The molecule has 39 heavy (non-hydrogen) atoms. The van der Waals surface area contributed by atoms with Crippen molar-refractivity contribution in [2.75, 3.05) is 18.9 Å². The first-order chi connectivity index (χ1) is 17.9. The van der Waals surface area contributed by atoms with Crippen molar-refractivity contribution >= 4 is 33.7 Å². The van der Waals surface area contributed by atoms with Crippen molar-refractivity contribution in [3.05, 3.63) is 29.8 Å². The minimum absolute atomic E-state index is 0. The van der Waals surface area contributed by atoms with E-state index in [2.05, 4.69) is 13.8 Å². The van der Waals surface area contributed by atoms with Gasteiger partial charge in [0.1, 0.15) is 10.1 Å². The molecule has 0 fully saturated rings. The van der Waals surface area contributed by atoms with Gasteiger partial charge in [-0.15, -0.1) is 0 Å². The molecule has 0 amide bonds. The van der Waals surface area contributed by atoms with Crippen molar-refractivity contribution < 1.29 is 71.5 Å². The van der Waals surface area contributed by atoms with Gasteiger partial charge in [0, 0.05) is 5.69 Å². The van der Waals surface area contributed by atoms with Crippen molar-refractivity contribution in [2.24, 2.45) is 11.8 Å². The Morgan fingerprint density at radius 1 is 0.923 bits per heavy atom. The Morgan fingerprint density at radius 3 is 1.79 bits per heavy atom. The fraction of sp³-hybridized carbons (Fsp3) is 0.667. The van der Waals surface area contributed by atoms with E-state index in [1.54, 1.807) is 18.2 Å². The molecule has 0 aliphatic rings. The van der Waals surface area contributed by atoms with Gasteiger partial charge in [-0.25, -0.2) is 13.2 Å². The molecule has 10 nitrogen and oxygen atoms in total. The predicted octanol–water partition coefficient (Wildman–Crippen LogP) is 1.78. The van der Waals surface area contributed by atoms with E-state index in [1.165, 1.54) is 6.07 Å². The van der Waals surface area contributed by atoms with Crippen LogP contribution in [-0.4, -0.2) is 54.4 Å². The number of ether oxygens (including phenoxy) is 2. The van der Waals surface area contributed by atoms with Crippen molar-refractivity contribution in [2.45, 2.75) is 90.7 Å². The van der Waals surface area contributed by atoms with Gasteiger partial charge < -0.3 is 24.9 Å². The van der Waals surface area contributed by atoms with Crippen LogP contribution in [0.1, 0.15) is 95.8 Å². The minimum Gasteiger partial charge on any atom is -0.747 e. The molecule has 0 bridgehead atoms. The molecule has 0 aliphatic heterocycles. The van der Waals surface area contributed by atoms with Crippen LogP contribution in [0.4, 0.5) is 5.69 Å². The first kappa shape index (κ1) is 39.5. The Hall–Kier alpha value is -1.66. The van der Waals surface area contributed by atoms with Gasteiger partial charge >= 0.3 is 47.5 Å². The van der Waals surface area contributed by atoms with E-state index in [0.717, 1.165) is 51.4 Å². The minimum atomic E-state index is -5.01. The summed E-state index contributed by atoms with van der Waals surface area (Å²) in [5.74, 6) is -2.73. The summed E-state index contributed by atoms with van der Waals surface area (Å²) < 4.78 is 44.6. The number of hydrogen-bond donors (Lipinski definition) is 2.